The zero-order valence-corrected chi connectivity index (χ0v) is 37.9. The summed E-state index contributed by atoms with van der Waals surface area (Å²) < 4.78 is 11.1. The summed E-state index contributed by atoms with van der Waals surface area (Å²) in [6, 6.07) is -0.717. The summed E-state index contributed by atoms with van der Waals surface area (Å²) in [6.07, 6.45) is 48.6. The Morgan fingerprint density at radius 3 is 1.52 bits per heavy atom. The number of amides is 1. The molecule has 0 spiro atoms. The van der Waals surface area contributed by atoms with Gasteiger partial charge in [-0.25, -0.2) is 0 Å². The predicted molar refractivity (Wildman–Crippen MR) is 249 cm³/mol. The first-order chi connectivity index (χ1) is 29.3. The van der Waals surface area contributed by atoms with Gasteiger partial charge < -0.3 is 40.3 Å². The fourth-order valence-corrected chi connectivity index (χ4v) is 7.22. The van der Waals surface area contributed by atoms with Gasteiger partial charge >= 0.3 is 0 Å². The molecule has 1 saturated heterocycles. The molecule has 0 aliphatic carbocycles. The second kappa shape index (κ2) is 40.7. The van der Waals surface area contributed by atoms with Crippen LogP contribution in [0.4, 0.5) is 0 Å². The summed E-state index contributed by atoms with van der Waals surface area (Å²) in [7, 11) is 0. The van der Waals surface area contributed by atoms with Crippen molar-refractivity contribution in [1.82, 2.24) is 5.32 Å². The maximum atomic E-state index is 12.8. The van der Waals surface area contributed by atoms with Gasteiger partial charge in [-0.3, -0.25) is 4.79 Å². The highest BCUT2D eigenvalue weighted by atomic mass is 16.7. The molecule has 9 nitrogen and oxygen atoms in total. The first kappa shape index (κ1) is 55.6. The number of unbranched alkanes of at least 4 members (excludes halogenated alkanes) is 17. The molecule has 0 aromatic carbocycles. The summed E-state index contributed by atoms with van der Waals surface area (Å²) in [5.41, 5.74) is 0. The second-order valence-corrected chi connectivity index (χ2v) is 16.5. The van der Waals surface area contributed by atoms with Crippen molar-refractivity contribution in [1.29, 1.82) is 0 Å². The van der Waals surface area contributed by atoms with Crippen molar-refractivity contribution in [3.8, 4) is 0 Å². The third-order valence-corrected chi connectivity index (χ3v) is 11.1. The van der Waals surface area contributed by atoms with E-state index in [0.717, 1.165) is 83.5 Å². The number of rotatable bonds is 39. The molecule has 1 aliphatic rings. The van der Waals surface area contributed by atoms with Crippen LogP contribution in [-0.2, 0) is 14.3 Å². The van der Waals surface area contributed by atoms with Crippen LogP contribution in [0.3, 0.4) is 0 Å². The minimum Gasteiger partial charge on any atom is -0.394 e. The third-order valence-electron chi connectivity index (χ3n) is 11.1. The zero-order valence-electron chi connectivity index (χ0n) is 37.9. The van der Waals surface area contributed by atoms with E-state index in [2.05, 4.69) is 92.1 Å². The van der Waals surface area contributed by atoms with E-state index >= 15 is 0 Å². The van der Waals surface area contributed by atoms with E-state index in [0.29, 0.717) is 12.8 Å². The molecule has 1 rings (SSSR count). The number of nitrogens with one attached hydrogen (secondary N) is 1. The van der Waals surface area contributed by atoms with E-state index in [-0.39, 0.29) is 12.5 Å². The smallest absolute Gasteiger partial charge is 0.220 e. The van der Waals surface area contributed by atoms with Crippen LogP contribution in [0, 0.1) is 0 Å². The van der Waals surface area contributed by atoms with Gasteiger partial charge in [0.25, 0.3) is 0 Å². The van der Waals surface area contributed by atoms with E-state index in [9.17, 15) is 30.3 Å². The zero-order chi connectivity index (χ0) is 43.7. The predicted octanol–water partition coefficient (Wildman–Crippen LogP) is 10.6. The van der Waals surface area contributed by atoms with Gasteiger partial charge in [-0.2, -0.15) is 0 Å². The molecule has 1 fully saturated rings. The highest BCUT2D eigenvalue weighted by molar-refractivity contribution is 5.76. The van der Waals surface area contributed by atoms with Crippen LogP contribution in [-0.4, -0.2) is 87.5 Å². The average molecular weight is 844 g/mol. The molecule has 346 valence electrons. The van der Waals surface area contributed by atoms with Crippen molar-refractivity contribution in [2.45, 2.75) is 230 Å². The first-order valence-corrected chi connectivity index (χ1v) is 24.1. The number of ether oxygens (including phenoxy) is 2. The molecular formula is C51H89NO8. The van der Waals surface area contributed by atoms with Crippen molar-refractivity contribution >= 4 is 5.91 Å². The standard InChI is InChI=1S/C51H89NO8/c1-3-5-7-9-10-11-12-13-14-15-16-17-18-19-20-21-22-23-24-25-26-27-28-29-30-31-32-33-34-35-36-37-39-41-47(55)52-44(45(54)40-38-8-6-4-2)43-59-51-50(58)49(57)48(56)46(42-53)60-51/h5,7,10-11,13-14,16-17,19-20,22-23,44-46,48-51,53-54,56-58H,3-4,6,8-9,12,15,18,21,24-43H2,1-2H3,(H,52,55)/b7-5-,11-10-,14-13-,17-16-,20-19-,23-22-. The van der Waals surface area contributed by atoms with Crippen LogP contribution in [0.25, 0.3) is 0 Å². The van der Waals surface area contributed by atoms with Gasteiger partial charge in [0.2, 0.25) is 5.91 Å². The van der Waals surface area contributed by atoms with E-state index in [1.807, 2.05) is 0 Å². The Morgan fingerprint density at radius 1 is 0.583 bits per heavy atom. The maximum Gasteiger partial charge on any atom is 0.220 e. The van der Waals surface area contributed by atoms with Gasteiger partial charge in [-0.05, 0) is 64.2 Å². The molecule has 0 radical (unpaired) electrons. The molecule has 0 saturated carbocycles. The van der Waals surface area contributed by atoms with Crippen LogP contribution in [0.5, 0.6) is 0 Å². The number of carbonyl (C=O) groups excluding carboxylic acids is 1. The van der Waals surface area contributed by atoms with Crippen LogP contribution in [0.2, 0.25) is 0 Å². The van der Waals surface area contributed by atoms with Gasteiger partial charge in [0.05, 0.1) is 25.4 Å². The molecule has 1 aliphatic heterocycles. The maximum absolute atomic E-state index is 12.8. The van der Waals surface area contributed by atoms with E-state index in [1.54, 1.807) is 0 Å². The van der Waals surface area contributed by atoms with Gasteiger partial charge in [-0.15, -0.1) is 0 Å². The Kier molecular flexibility index (Phi) is 37.7. The van der Waals surface area contributed by atoms with Gasteiger partial charge in [0.1, 0.15) is 24.4 Å². The minimum absolute atomic E-state index is 0.144. The van der Waals surface area contributed by atoms with Crippen molar-refractivity contribution in [2.24, 2.45) is 0 Å². The minimum atomic E-state index is -1.55. The number of hydrogen-bond donors (Lipinski definition) is 6. The fraction of sp³-hybridized carbons (Fsp3) is 0.745. The van der Waals surface area contributed by atoms with E-state index in [4.69, 9.17) is 9.47 Å². The summed E-state index contributed by atoms with van der Waals surface area (Å²) in [5.74, 6) is -0.158. The van der Waals surface area contributed by atoms with E-state index < -0.39 is 49.5 Å². The molecule has 0 bridgehead atoms. The lowest BCUT2D eigenvalue weighted by Gasteiger charge is -2.40. The van der Waals surface area contributed by atoms with Crippen molar-refractivity contribution in [3.63, 3.8) is 0 Å². The van der Waals surface area contributed by atoms with Crippen molar-refractivity contribution < 1.29 is 39.8 Å². The number of aliphatic hydroxyl groups excluding tert-OH is 5. The topological polar surface area (TPSA) is 149 Å². The Bertz CT molecular complexity index is 1160. The molecule has 1 heterocycles. The molecule has 60 heavy (non-hydrogen) atoms. The summed E-state index contributed by atoms with van der Waals surface area (Å²) in [5, 5.41) is 53.8. The van der Waals surface area contributed by atoms with Gasteiger partial charge in [-0.1, -0.05) is 189 Å². The van der Waals surface area contributed by atoms with Crippen LogP contribution in [0.15, 0.2) is 72.9 Å². The Morgan fingerprint density at radius 2 is 1.03 bits per heavy atom. The lowest BCUT2D eigenvalue weighted by molar-refractivity contribution is -0.302. The number of allylic oxidation sites excluding steroid dienone is 12. The summed E-state index contributed by atoms with van der Waals surface area (Å²) in [6.45, 7) is 3.58. The third kappa shape index (κ3) is 30.6. The molecule has 0 aromatic rings. The number of hydrogen-bond acceptors (Lipinski definition) is 8. The molecule has 6 N–H and O–H groups in total. The highest BCUT2D eigenvalue weighted by Gasteiger charge is 2.44. The van der Waals surface area contributed by atoms with Crippen LogP contribution >= 0.6 is 0 Å². The van der Waals surface area contributed by atoms with Crippen molar-refractivity contribution in [3.05, 3.63) is 72.9 Å². The van der Waals surface area contributed by atoms with Gasteiger partial charge in [0.15, 0.2) is 6.29 Å². The Labute approximate surface area is 366 Å². The molecule has 7 unspecified atom stereocenters. The molecule has 1 amide bonds. The largest absolute Gasteiger partial charge is 0.394 e. The lowest BCUT2D eigenvalue weighted by Crippen LogP contribution is -2.60. The molecule has 7 atom stereocenters. The monoisotopic (exact) mass is 844 g/mol. The molecule has 9 heteroatoms. The Balaban J connectivity index is 2.03. The summed E-state index contributed by atoms with van der Waals surface area (Å²) >= 11 is 0. The normalized spacial score (nSPS) is 21.2. The SMILES string of the molecule is CC/C=C\C/C=C\C/C=C\C/C=C\C/C=C\C/C=C\CCCCCCCCCCCCCCCCC(=O)NC(COC1OC(CO)C(O)C(O)C1O)C(O)CCCCCC. The number of carbonyl (C=O) groups is 1. The average Bonchev–Trinajstić information content (AvgIpc) is 3.25. The number of aliphatic hydroxyl groups is 5. The summed E-state index contributed by atoms with van der Waals surface area (Å²) in [4.78, 5) is 12.8. The quantitative estimate of drug-likeness (QED) is 0.0265. The highest BCUT2D eigenvalue weighted by Crippen LogP contribution is 2.23. The lowest BCUT2D eigenvalue weighted by atomic mass is 9.99. The van der Waals surface area contributed by atoms with Crippen LogP contribution < -0.4 is 5.32 Å². The molecular weight excluding hydrogens is 755 g/mol. The van der Waals surface area contributed by atoms with E-state index in [1.165, 1.54) is 77.0 Å². The van der Waals surface area contributed by atoms with Gasteiger partial charge in [0, 0.05) is 6.42 Å². The van der Waals surface area contributed by atoms with Crippen LogP contribution in [0.1, 0.15) is 187 Å². The molecule has 0 aromatic heterocycles. The Hall–Kier alpha value is -2.37. The first-order valence-electron chi connectivity index (χ1n) is 24.1. The fourth-order valence-electron chi connectivity index (χ4n) is 7.22. The van der Waals surface area contributed by atoms with Crippen molar-refractivity contribution in [2.75, 3.05) is 13.2 Å². The second-order valence-electron chi connectivity index (χ2n) is 16.5.